The summed E-state index contributed by atoms with van der Waals surface area (Å²) >= 11 is 9.47. The smallest absolute Gasteiger partial charge is 0.158 e. The quantitative estimate of drug-likeness (QED) is 0.802. The fraction of sp³-hybridized carbons (Fsp3) is 0.286. The van der Waals surface area contributed by atoms with Crippen molar-refractivity contribution in [1.82, 2.24) is 9.97 Å². The Hall–Kier alpha value is -1.17. The van der Waals surface area contributed by atoms with E-state index in [1.54, 1.807) is 6.07 Å². The van der Waals surface area contributed by atoms with Crippen molar-refractivity contribution in [2.24, 2.45) is 0 Å². The van der Waals surface area contributed by atoms with Crippen molar-refractivity contribution in [3.63, 3.8) is 0 Å². The van der Waals surface area contributed by atoms with Gasteiger partial charge in [-0.3, -0.25) is 0 Å². The zero-order chi connectivity index (χ0) is 14.5. The van der Waals surface area contributed by atoms with Gasteiger partial charge in [0.25, 0.3) is 0 Å². The first-order chi connectivity index (χ1) is 9.56. The summed E-state index contributed by atoms with van der Waals surface area (Å²) in [6, 6.07) is 7.74. The van der Waals surface area contributed by atoms with Gasteiger partial charge >= 0.3 is 0 Å². The molecule has 4 nitrogen and oxygen atoms in total. The van der Waals surface area contributed by atoms with E-state index in [9.17, 15) is 0 Å². The first-order valence-corrected chi connectivity index (χ1v) is 7.39. The van der Waals surface area contributed by atoms with Gasteiger partial charge in [-0.1, -0.05) is 27.5 Å². The number of nitrogens with one attached hydrogen (secondary N) is 1. The largest absolute Gasteiger partial charge is 0.374 e. The molecule has 20 heavy (non-hydrogen) atoms. The van der Waals surface area contributed by atoms with E-state index < -0.39 is 0 Å². The van der Waals surface area contributed by atoms with Gasteiger partial charge in [0.05, 0.1) is 0 Å². The maximum Gasteiger partial charge on any atom is 0.158 e. The van der Waals surface area contributed by atoms with E-state index in [2.05, 4.69) is 31.2 Å². The highest BCUT2D eigenvalue weighted by Gasteiger charge is 2.05. The molecule has 0 spiro atoms. The van der Waals surface area contributed by atoms with Crippen LogP contribution in [-0.4, -0.2) is 16.6 Å². The minimum Gasteiger partial charge on any atom is -0.374 e. The molecule has 0 bridgehead atoms. The van der Waals surface area contributed by atoms with Crippen molar-refractivity contribution in [1.29, 1.82) is 0 Å². The average molecular weight is 357 g/mol. The van der Waals surface area contributed by atoms with E-state index in [0.29, 0.717) is 30.0 Å². The lowest BCUT2D eigenvalue weighted by Crippen LogP contribution is -2.03. The Labute approximate surface area is 131 Å². The molecule has 0 atom stereocenters. The van der Waals surface area contributed by atoms with Crippen LogP contribution in [0.4, 0.5) is 11.5 Å². The van der Waals surface area contributed by atoms with Crippen molar-refractivity contribution in [3.05, 3.63) is 45.3 Å². The molecule has 0 aliphatic rings. The van der Waals surface area contributed by atoms with Gasteiger partial charge in [0.15, 0.2) is 5.82 Å². The van der Waals surface area contributed by atoms with E-state index >= 15 is 0 Å². The molecule has 1 aromatic carbocycles. The number of hydrogen-bond donors (Lipinski definition) is 1. The summed E-state index contributed by atoms with van der Waals surface area (Å²) in [6.07, 6.45) is 0. The number of halogens is 2. The van der Waals surface area contributed by atoms with Gasteiger partial charge < -0.3 is 10.1 Å². The summed E-state index contributed by atoms with van der Waals surface area (Å²) in [4.78, 5) is 8.51. The zero-order valence-corrected chi connectivity index (χ0v) is 13.6. The summed E-state index contributed by atoms with van der Waals surface area (Å²) < 4.78 is 6.31. The summed E-state index contributed by atoms with van der Waals surface area (Å²) in [7, 11) is 0. The van der Waals surface area contributed by atoms with Gasteiger partial charge in [-0.25, -0.2) is 9.97 Å². The molecule has 0 fully saturated rings. The molecular weight excluding hydrogens is 342 g/mol. The predicted octanol–water partition coefficient (Wildman–Crippen LogP) is 4.48. The normalized spacial score (nSPS) is 10.6. The first kappa shape index (κ1) is 15.2. The Balaban J connectivity index is 2.21. The monoisotopic (exact) mass is 355 g/mol. The third-order valence-electron chi connectivity index (χ3n) is 2.49. The van der Waals surface area contributed by atoms with Crippen LogP contribution in [0.2, 0.25) is 5.15 Å². The summed E-state index contributed by atoms with van der Waals surface area (Å²) in [5.74, 6) is 1.21. The Morgan fingerprint density at radius 3 is 2.75 bits per heavy atom. The molecule has 0 aliphatic heterocycles. The molecule has 1 aromatic heterocycles. The van der Waals surface area contributed by atoms with Crippen LogP contribution in [0.5, 0.6) is 0 Å². The van der Waals surface area contributed by atoms with Crippen LogP contribution in [0.3, 0.4) is 0 Å². The molecule has 1 N–H and O–H groups in total. The van der Waals surface area contributed by atoms with Gasteiger partial charge in [-0.05, 0) is 37.6 Å². The Bertz CT molecular complexity index is 587. The number of anilines is 2. The molecular formula is C14H15BrClN3O. The number of hydrogen-bond acceptors (Lipinski definition) is 4. The van der Waals surface area contributed by atoms with Crippen LogP contribution in [0.25, 0.3) is 0 Å². The first-order valence-electron chi connectivity index (χ1n) is 6.22. The predicted molar refractivity (Wildman–Crippen MR) is 84.5 cm³/mol. The fourth-order valence-electron chi connectivity index (χ4n) is 1.74. The van der Waals surface area contributed by atoms with Crippen molar-refractivity contribution in [2.45, 2.75) is 20.5 Å². The molecule has 0 unspecified atom stereocenters. The highest BCUT2D eigenvalue weighted by molar-refractivity contribution is 9.10. The van der Waals surface area contributed by atoms with E-state index in [1.807, 2.05) is 32.0 Å². The minimum atomic E-state index is 0.350. The molecule has 0 saturated heterocycles. The summed E-state index contributed by atoms with van der Waals surface area (Å²) in [5, 5.41) is 3.61. The molecule has 106 valence electrons. The molecule has 0 radical (unpaired) electrons. The van der Waals surface area contributed by atoms with Gasteiger partial charge in [-0.15, -0.1) is 0 Å². The molecule has 6 heteroatoms. The number of ether oxygens (including phenoxy) is 1. The fourth-order valence-corrected chi connectivity index (χ4v) is 2.55. The SMILES string of the molecule is CCOCc1nc(Cl)cc(Nc2cc(C)cc(Br)c2)n1. The lowest BCUT2D eigenvalue weighted by molar-refractivity contribution is 0.128. The van der Waals surface area contributed by atoms with Crippen molar-refractivity contribution in [3.8, 4) is 0 Å². The molecule has 0 saturated carbocycles. The van der Waals surface area contributed by atoms with Gasteiger partial charge in [0.1, 0.15) is 17.6 Å². The van der Waals surface area contributed by atoms with Crippen LogP contribution >= 0.6 is 27.5 Å². The third-order valence-corrected chi connectivity index (χ3v) is 3.14. The summed E-state index contributed by atoms with van der Waals surface area (Å²) in [6.45, 7) is 4.92. The van der Waals surface area contributed by atoms with E-state index in [4.69, 9.17) is 16.3 Å². The van der Waals surface area contributed by atoms with E-state index in [-0.39, 0.29) is 0 Å². The van der Waals surface area contributed by atoms with Crippen LogP contribution in [-0.2, 0) is 11.3 Å². The number of aryl methyl sites for hydroxylation is 1. The van der Waals surface area contributed by atoms with E-state index in [0.717, 1.165) is 15.7 Å². The molecule has 1 heterocycles. The number of aromatic nitrogens is 2. The Morgan fingerprint density at radius 1 is 1.25 bits per heavy atom. The lowest BCUT2D eigenvalue weighted by Gasteiger charge is -2.09. The molecule has 2 rings (SSSR count). The van der Waals surface area contributed by atoms with Crippen molar-refractivity contribution < 1.29 is 4.74 Å². The zero-order valence-electron chi connectivity index (χ0n) is 11.3. The molecule has 0 amide bonds. The summed E-state index contributed by atoms with van der Waals surface area (Å²) in [5.41, 5.74) is 2.09. The van der Waals surface area contributed by atoms with Gasteiger partial charge in [0.2, 0.25) is 0 Å². The molecule has 0 aliphatic carbocycles. The van der Waals surface area contributed by atoms with Crippen molar-refractivity contribution >= 4 is 39.0 Å². The minimum absolute atomic E-state index is 0.350. The lowest BCUT2D eigenvalue weighted by atomic mass is 10.2. The molecule has 2 aromatic rings. The van der Waals surface area contributed by atoms with E-state index in [1.165, 1.54) is 0 Å². The second-order valence-electron chi connectivity index (χ2n) is 4.27. The van der Waals surface area contributed by atoms with Crippen molar-refractivity contribution in [2.75, 3.05) is 11.9 Å². The second kappa shape index (κ2) is 7.02. The third kappa shape index (κ3) is 4.44. The van der Waals surface area contributed by atoms with Gasteiger partial charge in [-0.2, -0.15) is 0 Å². The second-order valence-corrected chi connectivity index (χ2v) is 5.57. The Kier molecular flexibility index (Phi) is 5.34. The topological polar surface area (TPSA) is 47.0 Å². The average Bonchev–Trinajstić information content (AvgIpc) is 2.34. The highest BCUT2D eigenvalue weighted by Crippen LogP contribution is 2.23. The standard InChI is InChI=1S/C14H15BrClN3O/c1-3-20-8-14-18-12(16)7-13(19-14)17-11-5-9(2)4-10(15)6-11/h4-7H,3,8H2,1-2H3,(H,17,18,19). The van der Waals surface area contributed by atoms with Crippen LogP contribution in [0.15, 0.2) is 28.7 Å². The maximum atomic E-state index is 6.00. The number of benzene rings is 1. The maximum absolute atomic E-state index is 6.00. The Morgan fingerprint density at radius 2 is 2.05 bits per heavy atom. The highest BCUT2D eigenvalue weighted by atomic mass is 79.9. The van der Waals surface area contributed by atoms with Crippen LogP contribution < -0.4 is 5.32 Å². The number of nitrogens with zero attached hydrogens (tertiary/aromatic N) is 2. The van der Waals surface area contributed by atoms with Crippen LogP contribution in [0, 0.1) is 6.92 Å². The van der Waals surface area contributed by atoms with Gasteiger partial charge in [0, 0.05) is 22.8 Å². The number of rotatable bonds is 5. The van der Waals surface area contributed by atoms with Crippen LogP contribution in [0.1, 0.15) is 18.3 Å².